The molecule has 0 aromatic carbocycles. The van der Waals surface area contributed by atoms with Crippen LogP contribution in [-0.2, 0) is 0 Å². The molecule has 0 spiro atoms. The van der Waals surface area contributed by atoms with Crippen LogP contribution in [0, 0.1) is 11.3 Å². The summed E-state index contributed by atoms with van der Waals surface area (Å²) in [5, 5.41) is 0. The van der Waals surface area contributed by atoms with E-state index in [1.807, 2.05) is 26.8 Å². The second-order valence-corrected chi connectivity index (χ2v) is 4.06. The molecular formula is C11H18. The Morgan fingerprint density at radius 1 is 1.27 bits per heavy atom. The molecule has 0 unspecified atom stereocenters. The minimum absolute atomic E-state index is 0.113. The van der Waals surface area contributed by atoms with E-state index in [-0.39, 0.29) is 5.41 Å². The van der Waals surface area contributed by atoms with Crippen LogP contribution in [0.3, 0.4) is 0 Å². The molecule has 0 radical (unpaired) electrons. The second kappa shape index (κ2) is 4.23. The molecule has 0 heteroatoms. The van der Waals surface area contributed by atoms with Crippen LogP contribution >= 0.6 is 0 Å². The predicted octanol–water partition coefficient (Wildman–Crippen LogP) is 3.55. The topological polar surface area (TPSA) is 0 Å². The van der Waals surface area contributed by atoms with E-state index in [9.17, 15) is 0 Å². The van der Waals surface area contributed by atoms with E-state index >= 15 is 0 Å². The van der Waals surface area contributed by atoms with Crippen molar-refractivity contribution in [3.05, 3.63) is 23.6 Å². The van der Waals surface area contributed by atoms with Gasteiger partial charge in [-0.25, -0.2) is 0 Å². The Morgan fingerprint density at radius 2 is 1.82 bits per heavy atom. The van der Waals surface area contributed by atoms with E-state index in [1.54, 1.807) is 0 Å². The van der Waals surface area contributed by atoms with E-state index in [4.69, 9.17) is 1.37 Å². The van der Waals surface area contributed by atoms with Gasteiger partial charge in [0.25, 0.3) is 0 Å². The smallest absolute Gasteiger partial charge is 0.0678 e. The van der Waals surface area contributed by atoms with Crippen LogP contribution in [-0.4, -0.2) is 0 Å². The van der Waals surface area contributed by atoms with Gasteiger partial charge in [-0.05, 0) is 23.5 Å². The third-order valence-corrected chi connectivity index (χ3v) is 0.926. The van der Waals surface area contributed by atoms with Crippen LogP contribution in [0.5, 0.6) is 0 Å². The van der Waals surface area contributed by atoms with Gasteiger partial charge in [0, 0.05) is 0 Å². The van der Waals surface area contributed by atoms with Crippen molar-refractivity contribution in [1.82, 2.24) is 0 Å². The molecule has 0 aliphatic rings. The van der Waals surface area contributed by atoms with E-state index in [1.165, 1.54) is 0 Å². The van der Waals surface area contributed by atoms with Crippen molar-refractivity contribution >= 4 is 0 Å². The van der Waals surface area contributed by atoms with E-state index < -0.39 is 0 Å². The van der Waals surface area contributed by atoms with E-state index in [0.29, 0.717) is 12.0 Å². The summed E-state index contributed by atoms with van der Waals surface area (Å²) in [6.45, 7) is 10.2. The van der Waals surface area contributed by atoms with Crippen molar-refractivity contribution in [2.24, 2.45) is 11.3 Å². The lowest BCUT2D eigenvalue weighted by molar-refractivity contribution is 0.545. The Labute approximate surface area is 71.7 Å². The fourth-order valence-corrected chi connectivity index (χ4v) is 0.432. The Morgan fingerprint density at radius 3 is 2.18 bits per heavy atom. The molecule has 0 bridgehead atoms. The van der Waals surface area contributed by atoms with Gasteiger partial charge in [0.15, 0.2) is 0 Å². The van der Waals surface area contributed by atoms with Gasteiger partial charge in [-0.15, -0.1) is 0 Å². The highest BCUT2D eigenvalue weighted by molar-refractivity contribution is 4.94. The number of hydrogen-bond donors (Lipinski definition) is 0. The summed E-state index contributed by atoms with van der Waals surface area (Å²) in [5.74, 6) is 0.477. The largest absolute Gasteiger partial charge is 0.0747 e. The SMILES string of the molecule is [2H]C(=C=C=CC(C)C)C(C)(C)C. The molecule has 0 fully saturated rings. The van der Waals surface area contributed by atoms with Crippen LogP contribution in [0.25, 0.3) is 0 Å². The third kappa shape index (κ3) is 9.30. The number of hydrogen-bond acceptors (Lipinski definition) is 0. The molecule has 0 nitrogen and oxygen atoms in total. The first-order chi connectivity index (χ1) is 5.34. The lowest BCUT2D eigenvalue weighted by atomic mass is 9.97. The van der Waals surface area contributed by atoms with Gasteiger partial charge in [-0.2, -0.15) is 0 Å². The van der Waals surface area contributed by atoms with Crippen LogP contribution < -0.4 is 0 Å². The summed E-state index contributed by atoms with van der Waals surface area (Å²) in [6.07, 6.45) is 1.92. The quantitative estimate of drug-likeness (QED) is 0.503. The summed E-state index contributed by atoms with van der Waals surface area (Å²) < 4.78 is 7.59. The van der Waals surface area contributed by atoms with Gasteiger partial charge in [0.1, 0.15) is 0 Å². The molecular weight excluding hydrogens is 132 g/mol. The zero-order chi connectivity index (χ0) is 9.78. The highest BCUT2D eigenvalue weighted by Crippen LogP contribution is 2.12. The van der Waals surface area contributed by atoms with Crippen molar-refractivity contribution in [2.75, 3.05) is 0 Å². The first-order valence-electron chi connectivity index (χ1n) is 4.53. The van der Waals surface area contributed by atoms with Gasteiger partial charge < -0.3 is 0 Å². The first-order valence-corrected chi connectivity index (χ1v) is 4.03. The fourth-order valence-electron chi connectivity index (χ4n) is 0.432. The monoisotopic (exact) mass is 151 g/mol. The molecule has 0 saturated carbocycles. The Hall–Kier alpha value is -0.700. The van der Waals surface area contributed by atoms with Gasteiger partial charge in [0.05, 0.1) is 1.37 Å². The maximum Gasteiger partial charge on any atom is 0.0678 e. The molecule has 0 atom stereocenters. The maximum atomic E-state index is 7.59. The highest BCUT2D eigenvalue weighted by Gasteiger charge is 2.01. The normalized spacial score (nSPS) is 11.6. The molecule has 11 heavy (non-hydrogen) atoms. The van der Waals surface area contributed by atoms with Crippen molar-refractivity contribution in [1.29, 1.82) is 0 Å². The molecule has 0 saturated heterocycles. The molecule has 0 aromatic heterocycles. The average Bonchev–Trinajstić information content (AvgIpc) is 1.84. The Balaban J connectivity index is 4.68. The Bertz CT molecular complexity index is 228. The standard InChI is InChI=1S/C11H18/c1-10(2)8-6-7-9-11(3,4)5/h8-10H,1-5H3/i9D. The van der Waals surface area contributed by atoms with Crippen molar-refractivity contribution in [2.45, 2.75) is 34.6 Å². The molecule has 0 N–H and O–H groups in total. The van der Waals surface area contributed by atoms with Crippen LogP contribution in [0.1, 0.15) is 36.0 Å². The summed E-state index contributed by atoms with van der Waals surface area (Å²) in [6, 6.07) is 0.499. The summed E-state index contributed by atoms with van der Waals surface area (Å²) >= 11 is 0. The predicted molar refractivity (Wildman–Crippen MR) is 50.5 cm³/mol. The van der Waals surface area contributed by atoms with E-state index in [2.05, 4.69) is 25.3 Å². The first kappa shape index (κ1) is 8.40. The highest BCUT2D eigenvalue weighted by atomic mass is 14.1. The molecule has 0 amide bonds. The van der Waals surface area contributed by atoms with Gasteiger partial charge >= 0.3 is 0 Å². The molecule has 0 rings (SSSR count). The van der Waals surface area contributed by atoms with Crippen LogP contribution in [0.15, 0.2) is 23.6 Å². The van der Waals surface area contributed by atoms with E-state index in [0.717, 1.165) is 0 Å². The molecule has 0 heterocycles. The van der Waals surface area contributed by atoms with Gasteiger partial charge in [-0.3, -0.25) is 0 Å². The van der Waals surface area contributed by atoms with Crippen LogP contribution in [0.2, 0.25) is 0 Å². The minimum atomic E-state index is -0.113. The molecule has 0 aliphatic carbocycles. The molecule has 0 aliphatic heterocycles. The molecule has 0 aromatic rings. The zero-order valence-corrected chi connectivity index (χ0v) is 8.15. The molecule has 62 valence electrons. The van der Waals surface area contributed by atoms with Crippen molar-refractivity contribution in [3.8, 4) is 0 Å². The van der Waals surface area contributed by atoms with Gasteiger partial charge in [0.2, 0.25) is 0 Å². The average molecular weight is 151 g/mol. The summed E-state index contributed by atoms with van der Waals surface area (Å²) in [4.78, 5) is 0. The second-order valence-electron chi connectivity index (χ2n) is 4.06. The number of rotatable bonds is 1. The lowest BCUT2D eigenvalue weighted by Gasteiger charge is -2.07. The minimum Gasteiger partial charge on any atom is -0.0747 e. The number of allylic oxidation sites excluding steroid dienone is 2. The van der Waals surface area contributed by atoms with Crippen molar-refractivity contribution < 1.29 is 1.37 Å². The summed E-state index contributed by atoms with van der Waals surface area (Å²) in [5.41, 5.74) is 5.61. The summed E-state index contributed by atoms with van der Waals surface area (Å²) in [7, 11) is 0. The third-order valence-electron chi connectivity index (χ3n) is 0.926. The van der Waals surface area contributed by atoms with Crippen molar-refractivity contribution in [3.63, 3.8) is 0 Å². The maximum absolute atomic E-state index is 7.59. The lowest BCUT2D eigenvalue weighted by Crippen LogP contribution is -1.96. The van der Waals surface area contributed by atoms with Gasteiger partial charge in [-0.1, -0.05) is 46.1 Å². The van der Waals surface area contributed by atoms with Crippen LogP contribution in [0.4, 0.5) is 0 Å². The Kier molecular flexibility index (Phi) is 3.23. The zero-order valence-electron chi connectivity index (χ0n) is 9.15. The fraction of sp³-hybridized carbons (Fsp3) is 0.636.